The number of benzene rings is 2. The van der Waals surface area contributed by atoms with E-state index in [9.17, 15) is 0 Å². The first kappa shape index (κ1) is 16.5. The van der Waals surface area contributed by atoms with Gasteiger partial charge in [0.25, 0.3) is 0 Å². The molecule has 5 nitrogen and oxygen atoms in total. The minimum atomic E-state index is 0.433. The number of hydrogen-bond acceptors (Lipinski definition) is 4. The monoisotopic (exact) mass is 360 g/mol. The fraction of sp³-hybridized carbons (Fsp3) is 0.176. The van der Waals surface area contributed by atoms with Crippen molar-refractivity contribution in [3.63, 3.8) is 0 Å². The van der Waals surface area contributed by atoms with E-state index in [0.717, 1.165) is 22.7 Å². The lowest BCUT2D eigenvalue weighted by Crippen LogP contribution is -2.16. The van der Waals surface area contributed by atoms with Crippen molar-refractivity contribution in [2.45, 2.75) is 20.1 Å². The van der Waals surface area contributed by atoms with Gasteiger partial charge in [0.2, 0.25) is 4.77 Å². The third-order valence-electron chi connectivity index (χ3n) is 3.53. The average molecular weight is 361 g/mol. The van der Waals surface area contributed by atoms with Crippen LogP contribution in [0.15, 0.2) is 48.5 Å². The third-order valence-corrected chi connectivity index (χ3v) is 4.17. The predicted molar refractivity (Wildman–Crippen MR) is 97.4 cm³/mol. The van der Waals surface area contributed by atoms with Gasteiger partial charge in [0, 0.05) is 10.6 Å². The van der Waals surface area contributed by atoms with Crippen molar-refractivity contribution in [2.24, 2.45) is 0 Å². The molecule has 0 aliphatic heterocycles. The van der Waals surface area contributed by atoms with E-state index in [1.807, 2.05) is 55.5 Å². The smallest absolute Gasteiger partial charge is 0.214 e. The summed E-state index contributed by atoms with van der Waals surface area (Å²) in [5.41, 5.74) is 5.27. The number of nitrogens with one attached hydrogen (secondary N) is 2. The van der Waals surface area contributed by atoms with Crippen molar-refractivity contribution in [3.8, 4) is 5.75 Å². The molecule has 124 valence electrons. The molecule has 0 atom stereocenters. The molecule has 0 bridgehead atoms. The van der Waals surface area contributed by atoms with E-state index in [4.69, 9.17) is 28.6 Å². The van der Waals surface area contributed by atoms with Gasteiger partial charge in [0.1, 0.15) is 18.2 Å². The van der Waals surface area contributed by atoms with Gasteiger partial charge in [-0.3, -0.25) is 5.10 Å². The Morgan fingerprint density at radius 1 is 1.25 bits per heavy atom. The summed E-state index contributed by atoms with van der Waals surface area (Å²) in [6, 6.07) is 15.6. The fourth-order valence-corrected chi connectivity index (χ4v) is 2.69. The number of nitrogens with zero attached hydrogens (tertiary/aromatic N) is 2. The SMILES string of the molecule is Cc1n[nH]c(=S)n1NCc1cccc(OCc2ccccc2Cl)c1. The summed E-state index contributed by atoms with van der Waals surface area (Å²) in [7, 11) is 0. The second-order valence-electron chi connectivity index (χ2n) is 5.27. The van der Waals surface area contributed by atoms with E-state index in [-0.39, 0.29) is 0 Å². The van der Waals surface area contributed by atoms with Crippen LogP contribution in [0.1, 0.15) is 17.0 Å². The third kappa shape index (κ3) is 3.96. The molecule has 0 fully saturated rings. The summed E-state index contributed by atoms with van der Waals surface area (Å²) in [6.45, 7) is 2.92. The number of aryl methyl sites for hydroxylation is 1. The van der Waals surface area contributed by atoms with E-state index >= 15 is 0 Å². The van der Waals surface area contributed by atoms with Crippen LogP contribution in [0.4, 0.5) is 0 Å². The van der Waals surface area contributed by atoms with E-state index in [2.05, 4.69) is 15.6 Å². The van der Waals surface area contributed by atoms with Crippen molar-refractivity contribution in [1.82, 2.24) is 14.9 Å². The molecule has 1 heterocycles. The summed E-state index contributed by atoms with van der Waals surface area (Å²) in [5, 5.41) is 7.52. The van der Waals surface area contributed by atoms with Crippen molar-refractivity contribution >= 4 is 23.8 Å². The predicted octanol–water partition coefficient (Wildman–Crippen LogP) is 4.23. The Morgan fingerprint density at radius 2 is 2.08 bits per heavy atom. The summed E-state index contributed by atoms with van der Waals surface area (Å²) in [4.78, 5) is 0. The van der Waals surface area contributed by atoms with Crippen molar-refractivity contribution in [3.05, 3.63) is 75.3 Å². The van der Waals surface area contributed by atoms with Gasteiger partial charge in [-0.15, -0.1) is 0 Å². The van der Waals surface area contributed by atoms with Gasteiger partial charge >= 0.3 is 0 Å². The zero-order chi connectivity index (χ0) is 16.9. The Bertz CT molecular complexity index is 890. The second-order valence-corrected chi connectivity index (χ2v) is 6.07. The first-order valence-electron chi connectivity index (χ1n) is 7.46. The van der Waals surface area contributed by atoms with Gasteiger partial charge in [-0.2, -0.15) is 5.10 Å². The fourth-order valence-electron chi connectivity index (χ4n) is 2.25. The van der Waals surface area contributed by atoms with Crippen LogP contribution in [0.3, 0.4) is 0 Å². The van der Waals surface area contributed by atoms with Gasteiger partial charge in [-0.1, -0.05) is 41.9 Å². The molecule has 0 radical (unpaired) electrons. The highest BCUT2D eigenvalue weighted by Gasteiger charge is 2.03. The molecule has 24 heavy (non-hydrogen) atoms. The summed E-state index contributed by atoms with van der Waals surface area (Å²) >= 11 is 11.3. The molecule has 3 aromatic rings. The maximum atomic E-state index is 6.15. The van der Waals surface area contributed by atoms with E-state index in [1.165, 1.54) is 0 Å². The van der Waals surface area contributed by atoms with E-state index < -0.39 is 0 Å². The number of H-pyrrole nitrogens is 1. The number of aromatic nitrogens is 3. The Labute approximate surface area is 150 Å². The maximum absolute atomic E-state index is 6.15. The molecule has 0 aliphatic rings. The molecule has 7 heteroatoms. The van der Waals surface area contributed by atoms with Crippen molar-refractivity contribution in [2.75, 3.05) is 5.43 Å². The standard InChI is InChI=1S/C17H17ClN4OS/c1-12-20-21-17(24)22(12)19-10-13-5-4-7-15(9-13)23-11-14-6-2-3-8-16(14)18/h2-9,19H,10-11H2,1H3,(H,21,24). The molecule has 3 rings (SSSR count). The van der Waals surface area contributed by atoms with Gasteiger partial charge in [0.15, 0.2) is 0 Å². The molecule has 0 unspecified atom stereocenters. The molecular weight excluding hydrogens is 344 g/mol. The molecule has 0 saturated carbocycles. The first-order valence-corrected chi connectivity index (χ1v) is 8.25. The number of hydrogen-bond donors (Lipinski definition) is 2. The number of ether oxygens (including phenoxy) is 1. The molecule has 0 amide bonds. The molecule has 1 aromatic heterocycles. The topological polar surface area (TPSA) is 54.9 Å². The highest BCUT2D eigenvalue weighted by Crippen LogP contribution is 2.19. The second kappa shape index (κ2) is 7.51. The van der Waals surface area contributed by atoms with Crippen LogP contribution >= 0.6 is 23.8 Å². The zero-order valence-electron chi connectivity index (χ0n) is 13.1. The van der Waals surface area contributed by atoms with Gasteiger partial charge in [-0.05, 0) is 42.9 Å². The largest absolute Gasteiger partial charge is 0.489 e. The van der Waals surface area contributed by atoms with Gasteiger partial charge in [0.05, 0.1) is 6.54 Å². The molecule has 2 aromatic carbocycles. The van der Waals surface area contributed by atoms with Crippen molar-refractivity contribution in [1.29, 1.82) is 0 Å². The number of halogens is 1. The first-order chi connectivity index (χ1) is 11.6. The molecular formula is C17H17ClN4OS. The van der Waals surface area contributed by atoms with E-state index in [1.54, 1.807) is 4.68 Å². The highest BCUT2D eigenvalue weighted by atomic mass is 35.5. The lowest BCUT2D eigenvalue weighted by Gasteiger charge is -2.11. The minimum Gasteiger partial charge on any atom is -0.489 e. The van der Waals surface area contributed by atoms with Crippen molar-refractivity contribution < 1.29 is 4.74 Å². The Morgan fingerprint density at radius 3 is 2.83 bits per heavy atom. The lowest BCUT2D eigenvalue weighted by molar-refractivity contribution is 0.306. The van der Waals surface area contributed by atoms with Crippen LogP contribution in [0.2, 0.25) is 5.02 Å². The molecule has 0 aliphatic carbocycles. The molecule has 2 N–H and O–H groups in total. The zero-order valence-corrected chi connectivity index (χ0v) is 14.7. The summed E-state index contributed by atoms with van der Waals surface area (Å²) < 4.78 is 8.12. The van der Waals surface area contributed by atoms with Crippen LogP contribution in [0.25, 0.3) is 0 Å². The summed E-state index contributed by atoms with van der Waals surface area (Å²) in [6.07, 6.45) is 0. The van der Waals surface area contributed by atoms with Gasteiger partial charge in [-0.25, -0.2) is 4.68 Å². The Balaban J connectivity index is 1.64. The van der Waals surface area contributed by atoms with Gasteiger partial charge < -0.3 is 10.2 Å². The Kier molecular flexibility index (Phi) is 5.17. The van der Waals surface area contributed by atoms with Crippen LogP contribution < -0.4 is 10.2 Å². The van der Waals surface area contributed by atoms with Crippen LogP contribution in [-0.4, -0.2) is 14.9 Å². The summed E-state index contributed by atoms with van der Waals surface area (Å²) in [5.74, 6) is 1.58. The van der Waals surface area contributed by atoms with Crippen LogP contribution in [-0.2, 0) is 13.2 Å². The lowest BCUT2D eigenvalue weighted by atomic mass is 10.2. The normalized spacial score (nSPS) is 10.6. The average Bonchev–Trinajstić information content (AvgIpc) is 2.91. The number of aromatic amines is 1. The quantitative estimate of drug-likeness (QED) is 0.646. The minimum absolute atomic E-state index is 0.433. The Hall–Kier alpha value is -2.31. The highest BCUT2D eigenvalue weighted by molar-refractivity contribution is 7.71. The van der Waals surface area contributed by atoms with E-state index in [0.29, 0.717) is 22.9 Å². The van der Waals surface area contributed by atoms with Crippen LogP contribution in [0, 0.1) is 11.7 Å². The molecule has 0 saturated heterocycles. The maximum Gasteiger partial charge on any atom is 0.214 e. The van der Waals surface area contributed by atoms with Crippen LogP contribution in [0.5, 0.6) is 5.75 Å². The number of rotatable bonds is 6. The molecule has 0 spiro atoms.